The SMILES string of the molecule is CCC(C)(C)c1ccc(-c2cccc3cccc4ccc(cc2)c(C)c34)cc1. The minimum atomic E-state index is 0.217. The van der Waals surface area contributed by atoms with Gasteiger partial charge in [0.2, 0.25) is 0 Å². The van der Waals surface area contributed by atoms with E-state index in [1.54, 1.807) is 0 Å². The van der Waals surface area contributed by atoms with Crippen LogP contribution in [0.1, 0.15) is 38.3 Å². The molecule has 0 heteroatoms. The van der Waals surface area contributed by atoms with E-state index in [1.807, 2.05) is 0 Å². The number of fused-ring (bicyclic) bond motifs is 1. The predicted molar refractivity (Wildman–Crippen MR) is 124 cm³/mol. The van der Waals surface area contributed by atoms with Gasteiger partial charge in [-0.2, -0.15) is 0 Å². The predicted octanol–water partition coefficient (Wildman–Crippen LogP) is 8.22. The number of aryl methyl sites for hydroxylation is 1. The first-order valence-corrected chi connectivity index (χ1v) is 10.2. The summed E-state index contributed by atoms with van der Waals surface area (Å²) in [5.74, 6) is 0. The topological polar surface area (TPSA) is 0 Å². The molecule has 0 aliphatic rings. The van der Waals surface area contributed by atoms with Gasteiger partial charge in [-0.05, 0) is 62.6 Å². The zero-order valence-corrected chi connectivity index (χ0v) is 17.3. The first-order valence-electron chi connectivity index (χ1n) is 10.2. The Hall–Kier alpha value is -2.86. The fraction of sp³-hybridized carbons (Fsp3) is 0.214. The Balaban J connectivity index is 1.89. The van der Waals surface area contributed by atoms with Crippen molar-refractivity contribution in [2.45, 2.75) is 39.5 Å². The molecule has 0 saturated carbocycles. The van der Waals surface area contributed by atoms with E-state index in [1.165, 1.54) is 43.8 Å². The highest BCUT2D eigenvalue weighted by Gasteiger charge is 2.17. The Morgan fingerprint density at radius 2 is 1.11 bits per heavy atom. The monoisotopic (exact) mass is 364 g/mol. The van der Waals surface area contributed by atoms with Crippen LogP contribution in [0.3, 0.4) is 0 Å². The van der Waals surface area contributed by atoms with Crippen molar-refractivity contribution in [2.75, 3.05) is 0 Å². The lowest BCUT2D eigenvalue weighted by Gasteiger charge is -2.23. The van der Waals surface area contributed by atoms with Gasteiger partial charge in [-0.1, -0.05) is 106 Å². The molecule has 0 aliphatic heterocycles. The molecule has 4 aromatic rings. The highest BCUT2D eigenvalue weighted by molar-refractivity contribution is 6.03. The van der Waals surface area contributed by atoms with E-state index >= 15 is 0 Å². The summed E-state index contributed by atoms with van der Waals surface area (Å²) in [6.07, 6.45) is 1.14. The molecule has 0 aliphatic carbocycles. The summed E-state index contributed by atoms with van der Waals surface area (Å²) < 4.78 is 0. The van der Waals surface area contributed by atoms with E-state index in [0.717, 1.165) is 6.42 Å². The summed E-state index contributed by atoms with van der Waals surface area (Å²) >= 11 is 0. The smallest absolute Gasteiger partial charge is 0.00762 e. The largest absolute Gasteiger partial charge is 0.0646 e. The van der Waals surface area contributed by atoms with E-state index in [4.69, 9.17) is 0 Å². The molecular formula is C28H28. The summed E-state index contributed by atoms with van der Waals surface area (Å²) in [4.78, 5) is 0. The van der Waals surface area contributed by atoms with Crippen molar-refractivity contribution < 1.29 is 0 Å². The Bertz CT molecular complexity index is 1160. The average Bonchev–Trinajstić information content (AvgIpc) is 2.71. The molecule has 0 heterocycles. The molecular weight excluding hydrogens is 336 g/mol. The van der Waals surface area contributed by atoms with E-state index in [0.29, 0.717) is 0 Å². The van der Waals surface area contributed by atoms with Crippen molar-refractivity contribution in [3.63, 3.8) is 0 Å². The third-order valence-corrected chi connectivity index (χ3v) is 6.26. The third-order valence-electron chi connectivity index (χ3n) is 6.26. The minimum absolute atomic E-state index is 0.217. The van der Waals surface area contributed by atoms with Crippen LogP contribution >= 0.6 is 0 Å². The number of hydrogen-bond acceptors (Lipinski definition) is 0. The Kier molecular flexibility index (Phi) is 4.81. The Morgan fingerprint density at radius 1 is 0.607 bits per heavy atom. The third kappa shape index (κ3) is 3.36. The zero-order chi connectivity index (χ0) is 19.7. The molecule has 0 aromatic heterocycles. The minimum Gasteiger partial charge on any atom is -0.0646 e. The summed E-state index contributed by atoms with van der Waals surface area (Å²) in [7, 11) is 0. The van der Waals surface area contributed by atoms with Gasteiger partial charge in [0, 0.05) is 0 Å². The van der Waals surface area contributed by atoms with Crippen LogP contribution in [0.4, 0.5) is 0 Å². The van der Waals surface area contributed by atoms with Crippen LogP contribution in [-0.2, 0) is 5.41 Å². The summed E-state index contributed by atoms with van der Waals surface area (Å²) in [6.45, 7) is 9.10. The lowest BCUT2D eigenvalue weighted by atomic mass is 9.82. The molecule has 0 nitrogen and oxygen atoms in total. The summed E-state index contributed by atoms with van der Waals surface area (Å²) in [5, 5.41) is 5.22. The Morgan fingerprint density at radius 3 is 1.79 bits per heavy atom. The number of rotatable bonds is 3. The van der Waals surface area contributed by atoms with Gasteiger partial charge in [0.25, 0.3) is 0 Å². The normalized spacial score (nSPS) is 11.7. The van der Waals surface area contributed by atoms with Crippen LogP contribution in [0.15, 0.2) is 84.9 Å². The molecule has 0 spiro atoms. The maximum Gasteiger partial charge on any atom is -0.00762 e. The van der Waals surface area contributed by atoms with Gasteiger partial charge in [0.05, 0.1) is 0 Å². The van der Waals surface area contributed by atoms with Gasteiger partial charge in [-0.25, -0.2) is 0 Å². The number of hydrogen-bond donors (Lipinski definition) is 0. The van der Waals surface area contributed by atoms with E-state index in [-0.39, 0.29) is 5.41 Å². The highest BCUT2D eigenvalue weighted by Crippen LogP contribution is 2.30. The van der Waals surface area contributed by atoms with E-state index in [2.05, 4.69) is 113 Å². The Labute approximate surface area is 168 Å². The molecule has 4 aromatic carbocycles. The maximum absolute atomic E-state index is 2.31. The van der Waals surface area contributed by atoms with E-state index < -0.39 is 0 Å². The fourth-order valence-electron chi connectivity index (χ4n) is 3.93. The van der Waals surface area contributed by atoms with Crippen LogP contribution in [0.2, 0.25) is 0 Å². The van der Waals surface area contributed by atoms with Crippen LogP contribution in [-0.4, -0.2) is 0 Å². The fourth-order valence-corrected chi connectivity index (χ4v) is 3.93. The second-order valence-corrected chi connectivity index (χ2v) is 8.35. The molecule has 2 bridgehead atoms. The standard InChI is InChI=1S/C28H28/c1-5-28(3,4)26-18-16-23(17-19-26)22-8-6-9-24-10-7-11-25-15-13-21(12-14-22)20(2)27(24)25/h6-19H,5H2,1-4H3. The molecule has 0 N–H and O–H groups in total. The summed E-state index contributed by atoms with van der Waals surface area (Å²) in [5.41, 5.74) is 5.44. The van der Waals surface area contributed by atoms with Crippen LogP contribution in [0.5, 0.6) is 0 Å². The quantitative estimate of drug-likeness (QED) is 0.343. The van der Waals surface area contributed by atoms with Crippen molar-refractivity contribution in [1.29, 1.82) is 0 Å². The molecule has 0 radical (unpaired) electrons. The molecule has 0 saturated heterocycles. The molecule has 28 heavy (non-hydrogen) atoms. The van der Waals surface area contributed by atoms with Gasteiger partial charge >= 0.3 is 0 Å². The second kappa shape index (κ2) is 7.28. The molecule has 0 amide bonds. The van der Waals surface area contributed by atoms with Gasteiger partial charge in [-0.3, -0.25) is 0 Å². The molecule has 0 unspecified atom stereocenters. The van der Waals surface area contributed by atoms with Crippen molar-refractivity contribution in [2.24, 2.45) is 0 Å². The first-order chi connectivity index (χ1) is 13.5. The van der Waals surface area contributed by atoms with Crippen molar-refractivity contribution in [3.8, 4) is 11.1 Å². The van der Waals surface area contributed by atoms with Crippen molar-refractivity contribution in [3.05, 3.63) is 96.1 Å². The average molecular weight is 365 g/mol. The summed E-state index contributed by atoms with van der Waals surface area (Å²) in [6, 6.07) is 31.2. The number of benzene rings is 3. The van der Waals surface area contributed by atoms with E-state index in [9.17, 15) is 0 Å². The first kappa shape index (κ1) is 18.5. The van der Waals surface area contributed by atoms with Gasteiger partial charge in [-0.15, -0.1) is 0 Å². The molecule has 0 fully saturated rings. The van der Waals surface area contributed by atoms with Crippen LogP contribution in [0, 0.1) is 6.92 Å². The highest BCUT2D eigenvalue weighted by atomic mass is 14.2. The molecule has 0 atom stereocenters. The lowest BCUT2D eigenvalue weighted by Crippen LogP contribution is -2.14. The van der Waals surface area contributed by atoms with Crippen LogP contribution in [0.25, 0.3) is 32.7 Å². The van der Waals surface area contributed by atoms with Gasteiger partial charge in [0.1, 0.15) is 0 Å². The zero-order valence-electron chi connectivity index (χ0n) is 17.3. The second-order valence-electron chi connectivity index (χ2n) is 8.35. The molecule has 4 rings (SSSR count). The van der Waals surface area contributed by atoms with Gasteiger partial charge in [0.15, 0.2) is 0 Å². The van der Waals surface area contributed by atoms with Gasteiger partial charge < -0.3 is 0 Å². The maximum atomic E-state index is 2.31. The molecule has 140 valence electrons. The lowest BCUT2D eigenvalue weighted by molar-refractivity contribution is 0.506. The van der Waals surface area contributed by atoms with Crippen molar-refractivity contribution >= 4 is 21.5 Å². The van der Waals surface area contributed by atoms with Crippen LogP contribution < -0.4 is 0 Å². The van der Waals surface area contributed by atoms with Crippen molar-refractivity contribution in [1.82, 2.24) is 0 Å².